The lowest BCUT2D eigenvalue weighted by atomic mass is 10.5. The number of rotatable bonds is 4. The highest BCUT2D eigenvalue weighted by molar-refractivity contribution is 7.84. The average molecular weight is 178 g/mol. The van der Waals surface area contributed by atoms with Crippen LogP contribution < -0.4 is 17.0 Å². The van der Waals surface area contributed by atoms with Crippen molar-refractivity contribution in [2.75, 3.05) is 18.6 Å². The Labute approximate surface area is 68.7 Å². The van der Waals surface area contributed by atoms with Crippen LogP contribution in [0, 0.1) is 0 Å². The highest BCUT2D eigenvalue weighted by atomic mass is 32.2. The smallest absolute Gasteiger partial charge is 0.203 e. The van der Waals surface area contributed by atoms with E-state index >= 15 is 0 Å². The fraction of sp³-hybridized carbons (Fsp3) is 0.800. The minimum atomic E-state index is -0.744. The third-order valence-corrected chi connectivity index (χ3v) is 1.88. The standard InChI is InChI=1S/C5H14N4OS/c1-11(10)4-2-3-8-5(6)9-7/h2-4,7H2,1H3,(H3,6,8,9). The molecule has 1 atom stereocenters. The zero-order valence-electron chi connectivity index (χ0n) is 6.54. The van der Waals surface area contributed by atoms with Gasteiger partial charge in [-0.05, 0) is 6.42 Å². The van der Waals surface area contributed by atoms with Crippen molar-refractivity contribution in [2.24, 2.45) is 16.6 Å². The maximum Gasteiger partial charge on any atom is 0.203 e. The molecule has 66 valence electrons. The van der Waals surface area contributed by atoms with Crippen LogP contribution in [0.3, 0.4) is 0 Å². The van der Waals surface area contributed by atoms with Gasteiger partial charge in [0.05, 0.1) is 0 Å². The number of hydrazine groups is 1. The fourth-order valence-electron chi connectivity index (χ4n) is 0.513. The lowest BCUT2D eigenvalue weighted by Gasteiger charge is -1.97. The van der Waals surface area contributed by atoms with E-state index < -0.39 is 10.8 Å². The molecule has 5 N–H and O–H groups in total. The molecule has 0 radical (unpaired) electrons. The Hall–Kier alpha value is -0.620. The maximum absolute atomic E-state index is 10.5. The van der Waals surface area contributed by atoms with Crippen molar-refractivity contribution in [2.45, 2.75) is 6.42 Å². The summed E-state index contributed by atoms with van der Waals surface area (Å²) in [4.78, 5) is 3.84. The summed E-state index contributed by atoms with van der Waals surface area (Å²) in [6.07, 6.45) is 2.43. The topological polar surface area (TPSA) is 93.5 Å². The molecule has 0 heterocycles. The summed E-state index contributed by atoms with van der Waals surface area (Å²) in [6, 6.07) is 0. The number of nitrogens with two attached hydrogens (primary N) is 2. The van der Waals surface area contributed by atoms with E-state index in [9.17, 15) is 4.21 Å². The van der Waals surface area contributed by atoms with Gasteiger partial charge in [-0.1, -0.05) is 0 Å². The maximum atomic E-state index is 10.5. The zero-order chi connectivity index (χ0) is 8.69. The summed E-state index contributed by atoms with van der Waals surface area (Å²) in [5, 5.41) is 0. The predicted molar refractivity (Wildman–Crippen MR) is 47.4 cm³/mol. The molecule has 1 unspecified atom stereocenters. The van der Waals surface area contributed by atoms with E-state index in [1.54, 1.807) is 6.26 Å². The van der Waals surface area contributed by atoms with Gasteiger partial charge in [0.15, 0.2) is 0 Å². The second-order valence-electron chi connectivity index (χ2n) is 2.04. The van der Waals surface area contributed by atoms with Crippen LogP contribution >= 0.6 is 0 Å². The lowest BCUT2D eigenvalue weighted by Crippen LogP contribution is -2.37. The summed E-state index contributed by atoms with van der Waals surface area (Å²) in [6.45, 7) is 0.565. The normalized spacial score (nSPS) is 14.5. The fourth-order valence-corrected chi connectivity index (χ4v) is 1.05. The lowest BCUT2D eigenvalue weighted by molar-refractivity contribution is 0.684. The van der Waals surface area contributed by atoms with E-state index in [-0.39, 0.29) is 5.96 Å². The number of aliphatic imine (C=N–C) groups is 1. The molecule has 0 aromatic heterocycles. The number of hydrogen-bond acceptors (Lipinski definition) is 3. The Morgan fingerprint density at radius 3 is 2.82 bits per heavy atom. The van der Waals surface area contributed by atoms with Crippen molar-refractivity contribution in [3.8, 4) is 0 Å². The third-order valence-electron chi connectivity index (χ3n) is 1.02. The molecular formula is C5H14N4OS. The van der Waals surface area contributed by atoms with Crippen molar-refractivity contribution < 1.29 is 4.21 Å². The molecule has 0 rings (SSSR count). The second-order valence-corrected chi connectivity index (χ2v) is 3.60. The Bertz CT molecular complexity index is 159. The molecule has 0 aliphatic carbocycles. The van der Waals surface area contributed by atoms with Gasteiger partial charge in [-0.15, -0.1) is 0 Å². The van der Waals surface area contributed by atoms with Crippen molar-refractivity contribution >= 4 is 16.8 Å². The SMILES string of the molecule is CS(=O)CCCN=C(N)NN. The molecule has 0 aliphatic rings. The molecule has 6 heteroatoms. The Morgan fingerprint density at radius 2 is 2.36 bits per heavy atom. The quantitative estimate of drug-likeness (QED) is 0.161. The molecule has 0 amide bonds. The molecule has 0 saturated heterocycles. The summed E-state index contributed by atoms with van der Waals surface area (Å²) < 4.78 is 10.5. The number of hydrogen-bond donors (Lipinski definition) is 3. The average Bonchev–Trinajstić information content (AvgIpc) is 1.97. The van der Waals surface area contributed by atoms with Crippen molar-refractivity contribution in [3.05, 3.63) is 0 Å². The molecule has 0 fully saturated rings. The van der Waals surface area contributed by atoms with Gasteiger partial charge in [0.1, 0.15) is 0 Å². The number of guanidine groups is 1. The molecule has 0 aromatic carbocycles. The highest BCUT2D eigenvalue weighted by Gasteiger charge is 1.90. The van der Waals surface area contributed by atoms with Gasteiger partial charge < -0.3 is 5.73 Å². The first-order valence-electron chi connectivity index (χ1n) is 3.23. The largest absolute Gasteiger partial charge is 0.369 e. The first-order chi connectivity index (χ1) is 5.16. The minimum Gasteiger partial charge on any atom is -0.369 e. The van der Waals surface area contributed by atoms with E-state index in [4.69, 9.17) is 11.6 Å². The van der Waals surface area contributed by atoms with Crippen molar-refractivity contribution in [1.29, 1.82) is 0 Å². The molecule has 0 aromatic rings. The second kappa shape index (κ2) is 6.11. The molecule has 0 bridgehead atoms. The first-order valence-corrected chi connectivity index (χ1v) is 4.96. The number of nitrogens with zero attached hydrogens (tertiary/aromatic N) is 1. The van der Waals surface area contributed by atoms with Crippen LogP contribution in [0.2, 0.25) is 0 Å². The Morgan fingerprint density at radius 1 is 1.73 bits per heavy atom. The van der Waals surface area contributed by atoms with Gasteiger partial charge in [-0.3, -0.25) is 14.6 Å². The molecular weight excluding hydrogens is 164 g/mol. The molecule has 11 heavy (non-hydrogen) atoms. The molecule has 0 spiro atoms. The van der Waals surface area contributed by atoms with Crippen LogP contribution in [0.25, 0.3) is 0 Å². The van der Waals surface area contributed by atoms with E-state index in [0.717, 1.165) is 6.42 Å². The minimum absolute atomic E-state index is 0.215. The summed E-state index contributed by atoms with van der Waals surface area (Å²) in [5.74, 6) is 5.82. The highest BCUT2D eigenvalue weighted by Crippen LogP contribution is 1.84. The van der Waals surface area contributed by atoms with Crippen LogP contribution in [-0.2, 0) is 10.8 Å². The summed E-state index contributed by atoms with van der Waals surface area (Å²) >= 11 is 0. The van der Waals surface area contributed by atoms with Gasteiger partial charge in [-0.25, -0.2) is 5.84 Å². The van der Waals surface area contributed by atoms with Gasteiger partial charge in [0, 0.05) is 29.4 Å². The zero-order valence-corrected chi connectivity index (χ0v) is 7.36. The van der Waals surface area contributed by atoms with E-state index in [1.807, 2.05) is 0 Å². The Balaban J connectivity index is 3.33. The third kappa shape index (κ3) is 7.27. The van der Waals surface area contributed by atoms with Crippen LogP contribution in [0.15, 0.2) is 4.99 Å². The van der Waals surface area contributed by atoms with E-state index in [2.05, 4.69) is 10.4 Å². The summed E-state index contributed by atoms with van der Waals surface area (Å²) in [7, 11) is -0.744. The summed E-state index contributed by atoms with van der Waals surface area (Å²) in [5.41, 5.74) is 7.43. The van der Waals surface area contributed by atoms with Crippen LogP contribution in [0.4, 0.5) is 0 Å². The van der Waals surface area contributed by atoms with E-state index in [1.165, 1.54) is 0 Å². The van der Waals surface area contributed by atoms with Crippen LogP contribution in [0.1, 0.15) is 6.42 Å². The number of nitrogens with one attached hydrogen (secondary N) is 1. The first kappa shape index (κ1) is 10.4. The molecule has 0 saturated carbocycles. The van der Waals surface area contributed by atoms with Crippen LogP contribution in [-0.4, -0.2) is 28.7 Å². The van der Waals surface area contributed by atoms with E-state index in [0.29, 0.717) is 12.3 Å². The van der Waals surface area contributed by atoms with Gasteiger partial charge >= 0.3 is 0 Å². The van der Waals surface area contributed by atoms with Gasteiger partial charge in [0.2, 0.25) is 5.96 Å². The van der Waals surface area contributed by atoms with Crippen molar-refractivity contribution in [3.63, 3.8) is 0 Å². The predicted octanol–water partition coefficient (Wildman–Crippen LogP) is -1.47. The van der Waals surface area contributed by atoms with Gasteiger partial charge in [0.25, 0.3) is 0 Å². The van der Waals surface area contributed by atoms with Crippen molar-refractivity contribution in [1.82, 2.24) is 5.43 Å². The van der Waals surface area contributed by atoms with Gasteiger partial charge in [-0.2, -0.15) is 0 Å². The Kier molecular flexibility index (Phi) is 5.77. The van der Waals surface area contributed by atoms with Crippen LogP contribution in [0.5, 0.6) is 0 Å². The molecule has 0 aliphatic heterocycles. The molecule has 5 nitrogen and oxygen atoms in total. The monoisotopic (exact) mass is 178 g/mol.